The molecule has 6 nitrogen and oxygen atoms in total. The van der Waals surface area contributed by atoms with Gasteiger partial charge >= 0.3 is 0 Å². The number of hydrogen-bond donors (Lipinski definition) is 0. The molecule has 2 bridgehead atoms. The number of hydrogen-bond acceptors (Lipinski definition) is 6. The molecule has 7 heteroatoms. The van der Waals surface area contributed by atoms with E-state index < -0.39 is 9.84 Å². The topological polar surface area (TPSA) is 66.4 Å². The molecule has 0 saturated carbocycles. The third-order valence-corrected chi connectivity index (χ3v) is 7.11. The van der Waals surface area contributed by atoms with Crippen LogP contribution in [0.15, 0.2) is 52.8 Å². The average Bonchev–Trinajstić information content (AvgIpc) is 2.88. The number of sulfone groups is 1. The first-order valence-corrected chi connectivity index (χ1v) is 10.1. The van der Waals surface area contributed by atoms with Gasteiger partial charge in [0.2, 0.25) is 9.84 Å². The van der Waals surface area contributed by atoms with Gasteiger partial charge in [-0.1, -0.05) is 0 Å². The quantitative estimate of drug-likeness (QED) is 0.836. The molecule has 25 heavy (non-hydrogen) atoms. The summed E-state index contributed by atoms with van der Waals surface area (Å²) in [6, 6.07) is 7.88. The first-order valence-electron chi connectivity index (χ1n) is 8.64. The molecule has 0 radical (unpaired) electrons. The maximum atomic E-state index is 12.6. The first-order chi connectivity index (χ1) is 12.1. The highest BCUT2D eigenvalue weighted by molar-refractivity contribution is 7.91. The van der Waals surface area contributed by atoms with Crippen LogP contribution in [0, 0.1) is 0 Å². The van der Waals surface area contributed by atoms with Crippen molar-refractivity contribution in [2.75, 3.05) is 25.0 Å². The second-order valence-electron chi connectivity index (χ2n) is 6.83. The van der Waals surface area contributed by atoms with E-state index in [2.05, 4.69) is 26.8 Å². The number of pyridine rings is 2. The van der Waals surface area contributed by atoms with Gasteiger partial charge in [-0.3, -0.25) is 9.88 Å². The smallest absolute Gasteiger partial charge is 0.225 e. The van der Waals surface area contributed by atoms with Crippen LogP contribution >= 0.6 is 0 Å². The SMILES string of the molecule is CN1C2CCC1CN(c1ccc(S(=O)(=O)c3cccnc3)nc1)CC2. The van der Waals surface area contributed by atoms with Gasteiger partial charge in [0.15, 0.2) is 5.03 Å². The van der Waals surface area contributed by atoms with E-state index >= 15 is 0 Å². The largest absolute Gasteiger partial charge is 0.369 e. The molecule has 4 rings (SSSR count). The lowest BCUT2D eigenvalue weighted by Gasteiger charge is -2.27. The Balaban J connectivity index is 1.56. The van der Waals surface area contributed by atoms with E-state index in [0.717, 1.165) is 25.2 Å². The van der Waals surface area contributed by atoms with Crippen molar-refractivity contribution in [2.45, 2.75) is 41.3 Å². The van der Waals surface area contributed by atoms with Gasteiger partial charge < -0.3 is 4.90 Å². The van der Waals surface area contributed by atoms with Crippen LogP contribution in [0.4, 0.5) is 5.69 Å². The van der Waals surface area contributed by atoms with Crippen molar-refractivity contribution in [1.82, 2.24) is 14.9 Å². The Kier molecular flexibility index (Phi) is 4.21. The lowest BCUT2D eigenvalue weighted by molar-refractivity contribution is 0.254. The lowest BCUT2D eigenvalue weighted by Crippen LogP contribution is -2.36. The molecule has 2 unspecified atom stereocenters. The summed E-state index contributed by atoms with van der Waals surface area (Å²) < 4.78 is 25.2. The molecule has 0 N–H and O–H groups in total. The third-order valence-electron chi connectivity index (χ3n) is 5.45. The maximum Gasteiger partial charge on any atom is 0.225 e. The number of rotatable bonds is 3. The summed E-state index contributed by atoms with van der Waals surface area (Å²) in [6.07, 6.45) is 8.25. The molecule has 2 saturated heterocycles. The van der Waals surface area contributed by atoms with Crippen molar-refractivity contribution < 1.29 is 8.42 Å². The van der Waals surface area contributed by atoms with Gasteiger partial charge in [0.05, 0.1) is 16.8 Å². The predicted molar refractivity (Wildman–Crippen MR) is 95.3 cm³/mol. The van der Waals surface area contributed by atoms with Gasteiger partial charge in [-0.05, 0) is 50.6 Å². The number of aromatic nitrogens is 2. The Bertz CT molecular complexity index is 839. The fraction of sp³-hybridized carbons (Fsp3) is 0.444. The third kappa shape index (κ3) is 3.02. The Labute approximate surface area is 148 Å². The highest BCUT2D eigenvalue weighted by Gasteiger charge is 2.34. The van der Waals surface area contributed by atoms with Gasteiger partial charge in [0.25, 0.3) is 0 Å². The van der Waals surface area contributed by atoms with Crippen LogP contribution in [0.1, 0.15) is 19.3 Å². The monoisotopic (exact) mass is 358 g/mol. The van der Waals surface area contributed by atoms with Crippen molar-refractivity contribution in [3.63, 3.8) is 0 Å². The molecule has 2 aliphatic heterocycles. The van der Waals surface area contributed by atoms with Crippen molar-refractivity contribution in [2.24, 2.45) is 0 Å². The van der Waals surface area contributed by atoms with Gasteiger partial charge in [0.1, 0.15) is 0 Å². The Hall–Kier alpha value is -1.99. The van der Waals surface area contributed by atoms with Crippen LogP contribution in [0.3, 0.4) is 0 Å². The minimum Gasteiger partial charge on any atom is -0.369 e. The minimum atomic E-state index is -3.61. The summed E-state index contributed by atoms with van der Waals surface area (Å²) >= 11 is 0. The molecule has 0 spiro atoms. The summed E-state index contributed by atoms with van der Waals surface area (Å²) in [5, 5.41) is 0.0673. The summed E-state index contributed by atoms with van der Waals surface area (Å²) in [4.78, 5) is 13.1. The number of anilines is 1. The summed E-state index contributed by atoms with van der Waals surface area (Å²) in [5.74, 6) is 0. The molecule has 132 valence electrons. The summed E-state index contributed by atoms with van der Waals surface area (Å²) in [7, 11) is -1.40. The van der Waals surface area contributed by atoms with E-state index in [-0.39, 0.29) is 9.92 Å². The zero-order valence-electron chi connectivity index (χ0n) is 14.2. The first kappa shape index (κ1) is 16.5. The predicted octanol–water partition coefficient (Wildman–Crippen LogP) is 1.98. The standard InChI is InChI=1S/C18H22N4O2S/c1-21-14-4-5-16(21)13-22(10-8-14)15-6-7-18(20-11-15)25(23,24)17-3-2-9-19-12-17/h2-3,6-7,9,11-12,14,16H,4-5,8,10,13H2,1H3. The van der Waals surface area contributed by atoms with Crippen LogP contribution in [0.5, 0.6) is 0 Å². The second-order valence-corrected chi connectivity index (χ2v) is 8.73. The van der Waals surface area contributed by atoms with E-state index in [1.165, 1.54) is 19.0 Å². The number of fused-ring (bicyclic) bond motifs is 2. The van der Waals surface area contributed by atoms with E-state index in [0.29, 0.717) is 12.1 Å². The summed E-state index contributed by atoms with van der Waals surface area (Å²) in [5.41, 5.74) is 0.992. The molecule has 2 aliphatic rings. The van der Waals surface area contributed by atoms with E-state index in [4.69, 9.17) is 0 Å². The zero-order chi connectivity index (χ0) is 17.4. The molecular weight excluding hydrogens is 336 g/mol. The second kappa shape index (κ2) is 6.38. The molecule has 2 atom stereocenters. The van der Waals surface area contributed by atoms with Crippen molar-refractivity contribution in [3.8, 4) is 0 Å². The van der Waals surface area contributed by atoms with E-state index in [9.17, 15) is 8.42 Å². The van der Waals surface area contributed by atoms with E-state index in [1.807, 2.05) is 6.07 Å². The maximum absolute atomic E-state index is 12.6. The van der Waals surface area contributed by atoms with Crippen LogP contribution < -0.4 is 4.90 Å². The molecule has 0 aliphatic carbocycles. The van der Waals surface area contributed by atoms with Gasteiger partial charge in [0, 0.05) is 37.6 Å². The Morgan fingerprint density at radius 3 is 2.64 bits per heavy atom. The molecule has 4 heterocycles. The van der Waals surface area contributed by atoms with E-state index in [1.54, 1.807) is 30.6 Å². The van der Waals surface area contributed by atoms with Gasteiger partial charge in [-0.15, -0.1) is 0 Å². The van der Waals surface area contributed by atoms with Crippen LogP contribution in [0.25, 0.3) is 0 Å². The summed E-state index contributed by atoms with van der Waals surface area (Å²) in [6.45, 7) is 1.96. The number of nitrogens with zero attached hydrogens (tertiary/aromatic N) is 4. The minimum absolute atomic E-state index is 0.0673. The average molecular weight is 358 g/mol. The van der Waals surface area contributed by atoms with Crippen molar-refractivity contribution in [1.29, 1.82) is 0 Å². The molecule has 2 fully saturated rings. The molecule has 0 amide bonds. The van der Waals surface area contributed by atoms with Crippen LogP contribution in [0.2, 0.25) is 0 Å². The zero-order valence-corrected chi connectivity index (χ0v) is 15.1. The molecular formula is C18H22N4O2S. The molecule has 2 aromatic heterocycles. The Morgan fingerprint density at radius 2 is 1.92 bits per heavy atom. The lowest BCUT2D eigenvalue weighted by atomic mass is 10.1. The Morgan fingerprint density at radius 1 is 1.08 bits per heavy atom. The van der Waals surface area contributed by atoms with Gasteiger partial charge in [-0.2, -0.15) is 0 Å². The highest BCUT2D eigenvalue weighted by Crippen LogP contribution is 2.31. The van der Waals surface area contributed by atoms with Crippen molar-refractivity contribution >= 4 is 15.5 Å². The highest BCUT2D eigenvalue weighted by atomic mass is 32.2. The number of likely N-dealkylation sites (N-methyl/N-ethyl adjacent to an activating group) is 1. The fourth-order valence-corrected chi connectivity index (χ4v) is 5.03. The molecule has 0 aromatic carbocycles. The normalized spacial score (nSPS) is 24.3. The van der Waals surface area contributed by atoms with Crippen molar-refractivity contribution in [3.05, 3.63) is 42.9 Å². The van der Waals surface area contributed by atoms with Crippen LogP contribution in [-0.2, 0) is 9.84 Å². The molecule has 2 aromatic rings. The van der Waals surface area contributed by atoms with Crippen LogP contribution in [-0.4, -0.2) is 55.5 Å². The fourth-order valence-electron chi connectivity index (χ4n) is 3.89. The van der Waals surface area contributed by atoms with Gasteiger partial charge in [-0.25, -0.2) is 13.4 Å².